The van der Waals surface area contributed by atoms with E-state index in [-0.39, 0.29) is 18.1 Å². The Bertz CT molecular complexity index is 904. The number of aromatic nitrogens is 1. The van der Waals surface area contributed by atoms with Gasteiger partial charge in [0.2, 0.25) is 0 Å². The molecule has 0 amide bonds. The molecule has 25 heavy (non-hydrogen) atoms. The van der Waals surface area contributed by atoms with Crippen LogP contribution in [0.5, 0.6) is 0 Å². The Labute approximate surface area is 152 Å². The molecule has 4 heteroatoms. The first kappa shape index (κ1) is 17.7. The lowest BCUT2D eigenvalue weighted by atomic mass is 9.82. The van der Waals surface area contributed by atoms with E-state index in [2.05, 4.69) is 11.1 Å². The number of aryl methyl sites for hydroxylation is 1. The summed E-state index contributed by atoms with van der Waals surface area (Å²) in [5, 5.41) is 11.9. The molecule has 0 saturated heterocycles. The second kappa shape index (κ2) is 6.66. The van der Waals surface area contributed by atoms with Crippen LogP contribution in [0.15, 0.2) is 48.5 Å². The summed E-state index contributed by atoms with van der Waals surface area (Å²) in [5.74, 6) is -0.329. The van der Waals surface area contributed by atoms with Crippen molar-refractivity contribution in [3.8, 4) is 0 Å². The van der Waals surface area contributed by atoms with Crippen molar-refractivity contribution in [2.75, 3.05) is 0 Å². The molecule has 1 unspecified atom stereocenters. The number of H-pyrrole nitrogens is 1. The SMILES string of the molecule is Cc1[nH]c2ccccc2c1C(CC(=O)C(C)(C)O)c1ccc(Cl)cc1. The Morgan fingerprint density at radius 2 is 1.80 bits per heavy atom. The zero-order valence-corrected chi connectivity index (χ0v) is 15.4. The molecule has 1 aromatic heterocycles. The molecule has 0 aliphatic heterocycles. The Kier molecular flexibility index (Phi) is 4.72. The van der Waals surface area contributed by atoms with Gasteiger partial charge in [-0.15, -0.1) is 0 Å². The predicted molar refractivity (Wildman–Crippen MR) is 102 cm³/mol. The van der Waals surface area contributed by atoms with Crippen LogP contribution in [-0.2, 0) is 4.79 Å². The first-order chi connectivity index (χ1) is 11.8. The minimum Gasteiger partial charge on any atom is -0.383 e. The number of aromatic amines is 1. The second-order valence-electron chi connectivity index (χ2n) is 7.00. The largest absolute Gasteiger partial charge is 0.383 e. The lowest BCUT2D eigenvalue weighted by Crippen LogP contribution is -2.32. The van der Waals surface area contributed by atoms with Crippen LogP contribution < -0.4 is 0 Å². The molecule has 0 radical (unpaired) electrons. The highest BCUT2D eigenvalue weighted by Gasteiger charge is 2.30. The molecule has 3 nitrogen and oxygen atoms in total. The molecule has 2 aromatic carbocycles. The molecule has 130 valence electrons. The number of para-hydroxylation sites is 1. The number of Topliss-reactive ketones (excluding diaryl/α,β-unsaturated/α-hetero) is 1. The summed E-state index contributed by atoms with van der Waals surface area (Å²) in [7, 11) is 0. The summed E-state index contributed by atoms with van der Waals surface area (Å²) >= 11 is 6.03. The summed E-state index contributed by atoms with van der Waals surface area (Å²) in [5.41, 5.74) is 2.82. The van der Waals surface area contributed by atoms with E-state index in [0.717, 1.165) is 27.7 Å². The Morgan fingerprint density at radius 1 is 1.16 bits per heavy atom. The number of rotatable bonds is 5. The van der Waals surface area contributed by atoms with Crippen LogP contribution in [0.4, 0.5) is 0 Å². The zero-order chi connectivity index (χ0) is 18.2. The van der Waals surface area contributed by atoms with Gasteiger partial charge in [0.05, 0.1) is 0 Å². The van der Waals surface area contributed by atoms with Crippen molar-refractivity contribution in [2.24, 2.45) is 0 Å². The molecule has 3 rings (SSSR count). The van der Waals surface area contributed by atoms with Gasteiger partial charge >= 0.3 is 0 Å². The van der Waals surface area contributed by atoms with Gasteiger partial charge in [-0.2, -0.15) is 0 Å². The quantitative estimate of drug-likeness (QED) is 0.677. The van der Waals surface area contributed by atoms with Crippen molar-refractivity contribution < 1.29 is 9.90 Å². The maximum atomic E-state index is 12.6. The average Bonchev–Trinajstić information content (AvgIpc) is 2.88. The summed E-state index contributed by atoms with van der Waals surface area (Å²) in [6.45, 7) is 5.10. The van der Waals surface area contributed by atoms with Crippen LogP contribution in [0.1, 0.15) is 43.0 Å². The highest BCUT2D eigenvalue weighted by atomic mass is 35.5. The van der Waals surface area contributed by atoms with Gasteiger partial charge in [-0.3, -0.25) is 4.79 Å². The van der Waals surface area contributed by atoms with Crippen molar-refractivity contribution in [3.05, 3.63) is 70.4 Å². The topological polar surface area (TPSA) is 53.1 Å². The fraction of sp³-hybridized carbons (Fsp3) is 0.286. The van der Waals surface area contributed by atoms with Crippen molar-refractivity contribution in [1.82, 2.24) is 4.98 Å². The van der Waals surface area contributed by atoms with Crippen LogP contribution in [-0.4, -0.2) is 21.5 Å². The second-order valence-corrected chi connectivity index (χ2v) is 7.44. The molecule has 0 aliphatic rings. The highest BCUT2D eigenvalue weighted by Crippen LogP contribution is 2.37. The van der Waals surface area contributed by atoms with Crippen LogP contribution in [0, 0.1) is 6.92 Å². The molecule has 3 aromatic rings. The van der Waals surface area contributed by atoms with Crippen molar-refractivity contribution in [1.29, 1.82) is 0 Å². The first-order valence-corrected chi connectivity index (χ1v) is 8.73. The Morgan fingerprint density at radius 3 is 2.44 bits per heavy atom. The fourth-order valence-corrected chi connectivity index (χ4v) is 3.39. The van der Waals surface area contributed by atoms with Gasteiger partial charge in [0.1, 0.15) is 5.60 Å². The van der Waals surface area contributed by atoms with E-state index < -0.39 is 5.60 Å². The molecule has 1 heterocycles. The van der Waals surface area contributed by atoms with Crippen LogP contribution in [0.2, 0.25) is 5.02 Å². The lowest BCUT2D eigenvalue weighted by molar-refractivity contribution is -0.134. The first-order valence-electron chi connectivity index (χ1n) is 8.35. The summed E-state index contributed by atoms with van der Waals surface area (Å²) in [6, 6.07) is 15.6. The van der Waals surface area contributed by atoms with Gasteiger partial charge in [-0.1, -0.05) is 41.9 Å². The number of carbonyl (C=O) groups is 1. The monoisotopic (exact) mass is 355 g/mol. The van der Waals surface area contributed by atoms with Crippen molar-refractivity contribution in [3.63, 3.8) is 0 Å². The third kappa shape index (κ3) is 3.63. The molecule has 0 fully saturated rings. The van der Waals surface area contributed by atoms with Crippen molar-refractivity contribution in [2.45, 2.75) is 38.7 Å². The number of fused-ring (bicyclic) bond motifs is 1. The fourth-order valence-electron chi connectivity index (χ4n) is 3.26. The summed E-state index contributed by atoms with van der Waals surface area (Å²) < 4.78 is 0. The number of nitrogens with one attached hydrogen (secondary N) is 1. The average molecular weight is 356 g/mol. The minimum atomic E-state index is -1.36. The standard InChI is InChI=1S/C21H22ClNO2/c1-13-20(16-6-4-5-7-18(16)23-13)17(12-19(24)21(2,3)25)14-8-10-15(22)11-9-14/h4-11,17,23,25H,12H2,1-3H3. The maximum absolute atomic E-state index is 12.6. The number of carbonyl (C=O) groups excluding carboxylic acids is 1. The molecule has 0 bridgehead atoms. The predicted octanol–water partition coefficient (Wildman–Crippen LogP) is 4.99. The smallest absolute Gasteiger partial charge is 0.164 e. The highest BCUT2D eigenvalue weighted by molar-refractivity contribution is 6.30. The summed E-state index contributed by atoms with van der Waals surface area (Å²) in [6.07, 6.45) is 0.230. The number of ketones is 1. The molecule has 0 spiro atoms. The van der Waals surface area contributed by atoms with E-state index in [0.29, 0.717) is 5.02 Å². The maximum Gasteiger partial charge on any atom is 0.164 e. The third-order valence-electron chi connectivity index (χ3n) is 4.64. The van der Waals surface area contributed by atoms with Crippen molar-refractivity contribution >= 4 is 28.3 Å². The molecular formula is C21H22ClNO2. The van der Waals surface area contributed by atoms with E-state index in [1.165, 1.54) is 13.8 Å². The number of aliphatic hydroxyl groups is 1. The molecule has 0 saturated carbocycles. The zero-order valence-electron chi connectivity index (χ0n) is 14.6. The normalized spacial score (nSPS) is 13.2. The minimum absolute atomic E-state index is 0.146. The molecule has 1 atom stereocenters. The third-order valence-corrected chi connectivity index (χ3v) is 4.89. The lowest BCUT2D eigenvalue weighted by Gasteiger charge is -2.22. The van der Waals surface area contributed by atoms with Gasteiger partial charge in [0.25, 0.3) is 0 Å². The van der Waals surface area contributed by atoms with E-state index in [1.807, 2.05) is 49.4 Å². The van der Waals surface area contributed by atoms with E-state index in [4.69, 9.17) is 11.6 Å². The van der Waals surface area contributed by atoms with Gasteiger partial charge < -0.3 is 10.1 Å². The molecular weight excluding hydrogens is 334 g/mol. The number of benzene rings is 2. The number of hydrogen-bond acceptors (Lipinski definition) is 2. The van der Waals surface area contributed by atoms with Gasteiger partial charge in [-0.25, -0.2) is 0 Å². The van der Waals surface area contributed by atoms with Crippen LogP contribution in [0.25, 0.3) is 10.9 Å². The van der Waals surface area contributed by atoms with E-state index >= 15 is 0 Å². The number of hydrogen-bond donors (Lipinski definition) is 2. The summed E-state index contributed by atoms with van der Waals surface area (Å²) in [4.78, 5) is 16.0. The number of halogens is 1. The molecule has 0 aliphatic carbocycles. The Hall–Kier alpha value is -2.10. The van der Waals surface area contributed by atoms with Gasteiger partial charge in [0.15, 0.2) is 5.78 Å². The Balaban J connectivity index is 2.14. The van der Waals surface area contributed by atoms with E-state index in [9.17, 15) is 9.90 Å². The van der Waals surface area contributed by atoms with Crippen LogP contribution in [0.3, 0.4) is 0 Å². The van der Waals surface area contributed by atoms with E-state index in [1.54, 1.807) is 0 Å². The van der Waals surface area contributed by atoms with Gasteiger partial charge in [-0.05, 0) is 50.1 Å². The molecule has 2 N–H and O–H groups in total. The van der Waals surface area contributed by atoms with Crippen LogP contribution >= 0.6 is 11.6 Å². The van der Waals surface area contributed by atoms with Gasteiger partial charge in [0, 0.05) is 34.0 Å².